The van der Waals surface area contributed by atoms with Crippen molar-refractivity contribution in [2.45, 2.75) is 26.5 Å². The summed E-state index contributed by atoms with van der Waals surface area (Å²) >= 11 is 0. The minimum Gasteiger partial charge on any atom is -0.478 e. The molecule has 1 aromatic heterocycles. The lowest BCUT2D eigenvalue weighted by atomic mass is 9.99. The van der Waals surface area contributed by atoms with Crippen molar-refractivity contribution in [1.82, 2.24) is 9.88 Å². The van der Waals surface area contributed by atoms with Crippen molar-refractivity contribution in [3.8, 4) is 11.1 Å². The number of hydrogen-bond donors (Lipinski definition) is 3. The van der Waals surface area contributed by atoms with E-state index in [1.54, 1.807) is 12.1 Å². The number of carbonyl (C=O) groups excluding carboxylic acids is 1. The molecule has 0 radical (unpaired) electrons. The summed E-state index contributed by atoms with van der Waals surface area (Å²) in [5.74, 6) is -1.17. The van der Waals surface area contributed by atoms with E-state index in [0.717, 1.165) is 38.9 Å². The Morgan fingerprint density at radius 3 is 2.28 bits per heavy atom. The van der Waals surface area contributed by atoms with Gasteiger partial charge in [0.05, 0.1) is 11.7 Å². The van der Waals surface area contributed by atoms with E-state index >= 15 is 0 Å². The van der Waals surface area contributed by atoms with Gasteiger partial charge in [-0.3, -0.25) is 4.79 Å². The van der Waals surface area contributed by atoms with Crippen LogP contribution in [-0.4, -0.2) is 33.2 Å². The van der Waals surface area contributed by atoms with E-state index in [2.05, 4.69) is 23.7 Å². The first-order valence-corrected chi connectivity index (χ1v) is 12.9. The van der Waals surface area contributed by atoms with E-state index < -0.39 is 12.1 Å². The molecular weight excluding hydrogens is 488 g/mol. The SMILES string of the molecule is Cc1c(C)n(Cc2ccc(-c3ccccc3C(=O)O)cc2)c2ccc(C(=O)NCC(O)c3ccccc3)cc12. The first-order chi connectivity index (χ1) is 18.8. The first kappa shape index (κ1) is 25.9. The van der Waals surface area contributed by atoms with Crippen molar-refractivity contribution in [2.75, 3.05) is 6.54 Å². The quantitative estimate of drug-likeness (QED) is 0.230. The van der Waals surface area contributed by atoms with Crippen LogP contribution >= 0.6 is 0 Å². The highest BCUT2D eigenvalue weighted by molar-refractivity contribution is 5.99. The van der Waals surface area contributed by atoms with Crippen LogP contribution in [0.4, 0.5) is 0 Å². The van der Waals surface area contributed by atoms with Gasteiger partial charge in [-0.2, -0.15) is 0 Å². The highest BCUT2D eigenvalue weighted by Gasteiger charge is 2.16. The van der Waals surface area contributed by atoms with Gasteiger partial charge in [0, 0.05) is 35.2 Å². The Hall–Kier alpha value is -4.68. The second-order valence-corrected chi connectivity index (χ2v) is 9.71. The van der Waals surface area contributed by atoms with Crippen LogP contribution in [0.2, 0.25) is 0 Å². The Kier molecular flexibility index (Phi) is 7.30. The van der Waals surface area contributed by atoms with E-state index in [1.165, 1.54) is 0 Å². The number of aryl methyl sites for hydroxylation is 1. The molecule has 0 saturated carbocycles. The van der Waals surface area contributed by atoms with Gasteiger partial charge in [0.2, 0.25) is 0 Å². The van der Waals surface area contributed by atoms with Gasteiger partial charge in [-0.25, -0.2) is 4.79 Å². The smallest absolute Gasteiger partial charge is 0.336 e. The molecule has 0 fully saturated rings. The number of aromatic carboxylic acids is 1. The summed E-state index contributed by atoms with van der Waals surface area (Å²) in [5.41, 5.74) is 7.47. The molecule has 6 nitrogen and oxygen atoms in total. The minimum absolute atomic E-state index is 0.132. The molecule has 0 saturated heterocycles. The zero-order chi connectivity index (χ0) is 27.5. The molecule has 1 heterocycles. The molecule has 0 spiro atoms. The Labute approximate surface area is 227 Å². The number of aliphatic hydroxyl groups is 1. The molecule has 5 rings (SSSR count). The van der Waals surface area contributed by atoms with Gasteiger partial charge in [-0.05, 0) is 65.9 Å². The maximum Gasteiger partial charge on any atom is 0.336 e. The summed E-state index contributed by atoms with van der Waals surface area (Å²) in [6, 6.07) is 29.9. The average Bonchev–Trinajstić information content (AvgIpc) is 3.20. The molecule has 6 heteroatoms. The molecule has 1 amide bonds. The van der Waals surface area contributed by atoms with Crippen LogP contribution in [0.5, 0.6) is 0 Å². The van der Waals surface area contributed by atoms with Crippen molar-refractivity contribution in [3.63, 3.8) is 0 Å². The number of carbonyl (C=O) groups is 2. The average molecular weight is 519 g/mol. The molecule has 0 bridgehead atoms. The van der Waals surface area contributed by atoms with Crippen LogP contribution in [0.25, 0.3) is 22.0 Å². The monoisotopic (exact) mass is 518 g/mol. The predicted molar refractivity (Wildman–Crippen MR) is 153 cm³/mol. The lowest BCUT2D eigenvalue weighted by Gasteiger charge is -2.13. The van der Waals surface area contributed by atoms with Gasteiger partial charge in [-0.15, -0.1) is 0 Å². The van der Waals surface area contributed by atoms with Crippen molar-refractivity contribution in [2.24, 2.45) is 0 Å². The van der Waals surface area contributed by atoms with Crippen molar-refractivity contribution in [3.05, 3.63) is 131 Å². The number of aromatic nitrogens is 1. The largest absolute Gasteiger partial charge is 0.478 e. The molecule has 5 aromatic rings. The summed E-state index contributed by atoms with van der Waals surface area (Å²) in [6.45, 7) is 4.91. The molecular formula is C33H30N2O4. The lowest BCUT2D eigenvalue weighted by Crippen LogP contribution is -2.28. The lowest BCUT2D eigenvalue weighted by molar-refractivity contribution is 0.0697. The van der Waals surface area contributed by atoms with Gasteiger partial charge < -0.3 is 20.1 Å². The third-order valence-electron chi connectivity index (χ3n) is 7.30. The Morgan fingerprint density at radius 1 is 0.872 bits per heavy atom. The second kappa shape index (κ2) is 11.0. The Morgan fingerprint density at radius 2 is 1.56 bits per heavy atom. The number of rotatable bonds is 8. The minimum atomic E-state index is -0.944. The molecule has 0 aliphatic rings. The number of carboxylic acid groups (broad SMARTS) is 1. The van der Waals surface area contributed by atoms with Crippen LogP contribution in [0, 0.1) is 13.8 Å². The topological polar surface area (TPSA) is 91.6 Å². The summed E-state index contributed by atoms with van der Waals surface area (Å²) in [6.07, 6.45) is -0.770. The fraction of sp³-hybridized carbons (Fsp3) is 0.152. The fourth-order valence-electron chi connectivity index (χ4n) is 4.97. The summed E-state index contributed by atoms with van der Waals surface area (Å²) in [4.78, 5) is 24.5. The summed E-state index contributed by atoms with van der Waals surface area (Å²) in [7, 11) is 0. The zero-order valence-corrected chi connectivity index (χ0v) is 21.9. The summed E-state index contributed by atoms with van der Waals surface area (Å²) < 4.78 is 2.23. The van der Waals surface area contributed by atoms with Crippen LogP contribution in [0.3, 0.4) is 0 Å². The number of nitrogens with zero attached hydrogens (tertiary/aromatic N) is 1. The summed E-state index contributed by atoms with van der Waals surface area (Å²) in [5, 5.41) is 23.8. The standard InChI is InChI=1S/C33H30N2O4/c1-21-22(2)35(20-23-12-14-24(15-13-23)27-10-6-7-11-28(27)33(38)39)30-17-16-26(18-29(21)30)32(37)34-19-31(36)25-8-4-3-5-9-25/h3-18,31,36H,19-20H2,1-2H3,(H,34,37)(H,38,39). The number of benzene rings is 4. The maximum absolute atomic E-state index is 12.9. The Bertz CT molecular complexity index is 1650. The van der Waals surface area contributed by atoms with Crippen LogP contribution in [0.1, 0.15) is 49.2 Å². The Balaban J connectivity index is 1.35. The van der Waals surface area contributed by atoms with Crippen molar-refractivity contribution >= 4 is 22.8 Å². The highest BCUT2D eigenvalue weighted by Crippen LogP contribution is 2.29. The fourth-order valence-corrected chi connectivity index (χ4v) is 4.97. The van der Waals surface area contributed by atoms with Gasteiger partial charge in [0.1, 0.15) is 0 Å². The number of aliphatic hydroxyl groups excluding tert-OH is 1. The third-order valence-corrected chi connectivity index (χ3v) is 7.30. The van der Waals surface area contributed by atoms with E-state index in [9.17, 15) is 19.8 Å². The van der Waals surface area contributed by atoms with Gasteiger partial charge in [-0.1, -0.05) is 72.8 Å². The van der Waals surface area contributed by atoms with Gasteiger partial charge in [0.15, 0.2) is 0 Å². The van der Waals surface area contributed by atoms with E-state index in [1.807, 2.05) is 84.9 Å². The number of nitrogens with one attached hydrogen (secondary N) is 1. The van der Waals surface area contributed by atoms with Crippen molar-refractivity contribution in [1.29, 1.82) is 0 Å². The maximum atomic E-state index is 12.9. The van der Waals surface area contributed by atoms with E-state index in [-0.39, 0.29) is 18.0 Å². The molecule has 196 valence electrons. The number of amides is 1. The molecule has 1 atom stereocenters. The zero-order valence-electron chi connectivity index (χ0n) is 21.9. The van der Waals surface area contributed by atoms with Crippen LogP contribution < -0.4 is 5.32 Å². The van der Waals surface area contributed by atoms with Crippen molar-refractivity contribution < 1.29 is 19.8 Å². The predicted octanol–water partition coefficient (Wildman–Crippen LogP) is 6.14. The van der Waals surface area contributed by atoms with E-state index in [0.29, 0.717) is 17.7 Å². The molecule has 39 heavy (non-hydrogen) atoms. The van der Waals surface area contributed by atoms with Gasteiger partial charge in [0.25, 0.3) is 5.91 Å². The third kappa shape index (κ3) is 5.33. The molecule has 1 unspecified atom stereocenters. The molecule has 4 aromatic carbocycles. The first-order valence-electron chi connectivity index (χ1n) is 12.9. The van der Waals surface area contributed by atoms with Gasteiger partial charge >= 0.3 is 5.97 Å². The normalized spacial score (nSPS) is 11.9. The number of hydrogen-bond acceptors (Lipinski definition) is 3. The molecule has 0 aliphatic heterocycles. The highest BCUT2D eigenvalue weighted by atomic mass is 16.4. The molecule has 0 aliphatic carbocycles. The molecule has 3 N–H and O–H groups in total. The number of fused-ring (bicyclic) bond motifs is 1. The second-order valence-electron chi connectivity index (χ2n) is 9.71. The van der Waals surface area contributed by atoms with Crippen LogP contribution in [-0.2, 0) is 6.54 Å². The van der Waals surface area contributed by atoms with E-state index in [4.69, 9.17) is 0 Å². The number of carboxylic acids is 1. The van der Waals surface area contributed by atoms with Crippen LogP contribution in [0.15, 0.2) is 97.1 Å².